The quantitative estimate of drug-likeness (QED) is 0.317. The van der Waals surface area contributed by atoms with E-state index < -0.39 is 21.9 Å². The fourth-order valence-electron chi connectivity index (χ4n) is 4.19. The summed E-state index contributed by atoms with van der Waals surface area (Å²) in [7, 11) is -2.73. The van der Waals surface area contributed by atoms with Crippen molar-refractivity contribution in [1.29, 1.82) is 5.26 Å². The molecule has 4 rings (SSSR count). The van der Waals surface area contributed by atoms with Gasteiger partial charge in [0.05, 0.1) is 18.0 Å². The van der Waals surface area contributed by atoms with Crippen LogP contribution in [0.2, 0.25) is 0 Å². The molecule has 10 heteroatoms. The third kappa shape index (κ3) is 5.17. The molecule has 1 unspecified atom stereocenters. The van der Waals surface area contributed by atoms with Crippen LogP contribution in [0, 0.1) is 24.2 Å². The van der Waals surface area contributed by atoms with E-state index in [4.69, 9.17) is 4.74 Å². The maximum atomic E-state index is 14.4. The average Bonchev–Trinajstić information content (AvgIpc) is 2.89. The second kappa shape index (κ2) is 10.8. The van der Waals surface area contributed by atoms with Gasteiger partial charge in [0, 0.05) is 25.3 Å². The van der Waals surface area contributed by atoms with Crippen molar-refractivity contribution >= 4 is 21.7 Å². The van der Waals surface area contributed by atoms with Crippen molar-refractivity contribution in [2.45, 2.75) is 17.9 Å². The van der Waals surface area contributed by atoms with E-state index in [-0.39, 0.29) is 30.3 Å². The number of hydrogen-bond acceptors (Lipinski definition) is 5. The number of methoxy groups -OCH3 is 1. The number of hydrogen-bond donors (Lipinski definition) is 1. The predicted molar refractivity (Wildman–Crippen MR) is 135 cm³/mol. The van der Waals surface area contributed by atoms with E-state index in [0.29, 0.717) is 5.96 Å². The van der Waals surface area contributed by atoms with Crippen LogP contribution < -0.4 is 10.1 Å². The van der Waals surface area contributed by atoms with E-state index >= 15 is 0 Å². The summed E-state index contributed by atoms with van der Waals surface area (Å²) >= 11 is 0. The fourth-order valence-corrected chi connectivity index (χ4v) is 5.80. The molecule has 0 aliphatic carbocycles. The minimum Gasteiger partial charge on any atom is -0.494 e. The van der Waals surface area contributed by atoms with Crippen LogP contribution in [-0.4, -0.2) is 50.3 Å². The van der Waals surface area contributed by atoms with Gasteiger partial charge < -0.3 is 15.0 Å². The van der Waals surface area contributed by atoms with Crippen molar-refractivity contribution in [1.82, 2.24) is 9.21 Å². The highest BCUT2D eigenvalue weighted by Crippen LogP contribution is 2.33. The number of ether oxygens (including phenoxy) is 1. The van der Waals surface area contributed by atoms with Crippen LogP contribution >= 0.6 is 0 Å². The lowest BCUT2D eigenvalue weighted by Crippen LogP contribution is -2.53. The fraction of sp³-hybridized carbons (Fsp3) is 0.231. The Morgan fingerprint density at radius 2 is 1.83 bits per heavy atom. The van der Waals surface area contributed by atoms with Crippen LogP contribution in [0.25, 0.3) is 0 Å². The molecule has 0 saturated carbocycles. The molecule has 8 nitrogen and oxygen atoms in total. The summed E-state index contributed by atoms with van der Waals surface area (Å²) in [5.41, 5.74) is 2.55. The maximum Gasteiger partial charge on any atom is 0.243 e. The molecule has 1 atom stereocenters. The number of nitrogens with zero attached hydrogens (tertiary/aromatic N) is 4. The first-order valence-electron chi connectivity index (χ1n) is 11.3. The number of aliphatic imine (C=N–C) groups is 1. The molecule has 0 radical (unpaired) electrons. The number of sulfonamides is 1. The van der Waals surface area contributed by atoms with Crippen molar-refractivity contribution in [3.8, 4) is 11.9 Å². The Labute approximate surface area is 210 Å². The minimum absolute atomic E-state index is 0.0296. The molecule has 3 aromatic rings. The van der Waals surface area contributed by atoms with Crippen LogP contribution in [0.3, 0.4) is 0 Å². The van der Waals surface area contributed by atoms with Crippen molar-refractivity contribution in [3.63, 3.8) is 0 Å². The maximum absolute atomic E-state index is 14.4. The average molecular weight is 508 g/mol. The highest BCUT2D eigenvalue weighted by Gasteiger charge is 2.38. The zero-order chi connectivity index (χ0) is 25.7. The first-order chi connectivity index (χ1) is 17.3. The number of nitrogens with one attached hydrogen (secondary N) is 1. The molecule has 1 saturated heterocycles. The summed E-state index contributed by atoms with van der Waals surface area (Å²) in [6.07, 6.45) is 1.84. The Bertz CT molecular complexity index is 1410. The Hall–Kier alpha value is -3.94. The van der Waals surface area contributed by atoms with Gasteiger partial charge in [-0.15, -0.1) is 4.99 Å². The Morgan fingerprint density at radius 3 is 2.50 bits per heavy atom. The number of piperazine rings is 1. The molecule has 1 fully saturated rings. The summed E-state index contributed by atoms with van der Waals surface area (Å²) in [4.78, 5) is 5.70. The number of guanidine groups is 1. The summed E-state index contributed by atoms with van der Waals surface area (Å²) in [5, 5.41) is 12.6. The highest BCUT2D eigenvalue weighted by molar-refractivity contribution is 7.89. The zero-order valence-corrected chi connectivity index (χ0v) is 20.7. The summed E-state index contributed by atoms with van der Waals surface area (Å²) in [5.74, 6) is -0.447. The Morgan fingerprint density at radius 1 is 1.11 bits per heavy atom. The molecule has 36 heavy (non-hydrogen) atoms. The largest absolute Gasteiger partial charge is 0.494 e. The summed E-state index contributed by atoms with van der Waals surface area (Å²) in [6.45, 7) is 2.56. The third-order valence-electron chi connectivity index (χ3n) is 6.09. The highest BCUT2D eigenvalue weighted by atomic mass is 32.2. The molecule has 0 aromatic heterocycles. The lowest BCUT2D eigenvalue weighted by Gasteiger charge is -2.41. The lowest BCUT2D eigenvalue weighted by atomic mass is 10.0. The molecule has 1 N–H and O–H groups in total. The van der Waals surface area contributed by atoms with Crippen LogP contribution in [-0.2, 0) is 10.0 Å². The Kier molecular flexibility index (Phi) is 7.52. The number of para-hydroxylation sites is 1. The SMILES string of the molecule is COc1ccc(S(=O)(=O)N2CCN(/C(=N\C#N)Nc3ccccc3C)CC2c2ccccc2)cc1F. The number of benzene rings is 3. The normalized spacial score (nSPS) is 16.9. The second-order valence-corrected chi connectivity index (χ2v) is 10.2. The Balaban J connectivity index is 1.69. The number of rotatable bonds is 5. The molecule has 3 aromatic carbocycles. The van der Waals surface area contributed by atoms with E-state index in [9.17, 15) is 18.1 Å². The number of nitriles is 1. The van der Waals surface area contributed by atoms with Crippen LogP contribution in [0.4, 0.5) is 10.1 Å². The van der Waals surface area contributed by atoms with Gasteiger partial charge in [-0.1, -0.05) is 48.5 Å². The van der Waals surface area contributed by atoms with Crippen LogP contribution in [0.5, 0.6) is 5.75 Å². The lowest BCUT2D eigenvalue weighted by molar-refractivity contribution is 0.194. The van der Waals surface area contributed by atoms with Crippen LogP contribution in [0.1, 0.15) is 17.2 Å². The zero-order valence-electron chi connectivity index (χ0n) is 19.9. The van der Waals surface area contributed by atoms with Gasteiger partial charge in [-0.3, -0.25) is 0 Å². The summed E-state index contributed by atoms with van der Waals surface area (Å²) in [6, 6.07) is 19.9. The van der Waals surface area contributed by atoms with Crippen molar-refractivity contribution < 1.29 is 17.5 Å². The monoisotopic (exact) mass is 507 g/mol. The standard InChI is InChI=1S/C26H26FN5O3S/c1-19-8-6-7-11-23(19)30-26(29-18-28)31-14-15-32(24(17-31)20-9-4-3-5-10-20)36(33,34)21-12-13-25(35-2)22(27)16-21/h3-13,16,24H,14-15,17H2,1-2H3,(H,29,30). The molecule has 186 valence electrons. The second-order valence-electron chi connectivity index (χ2n) is 8.26. The number of aryl methyl sites for hydroxylation is 1. The smallest absolute Gasteiger partial charge is 0.243 e. The van der Waals surface area contributed by atoms with E-state index in [1.807, 2.05) is 72.6 Å². The van der Waals surface area contributed by atoms with Crippen LogP contribution in [0.15, 0.2) is 82.7 Å². The number of anilines is 1. The van der Waals surface area contributed by atoms with Gasteiger partial charge >= 0.3 is 0 Å². The first kappa shape index (κ1) is 25.2. The molecule has 0 amide bonds. The molecular weight excluding hydrogens is 481 g/mol. The van der Waals surface area contributed by atoms with E-state index in [0.717, 1.165) is 22.9 Å². The van der Waals surface area contributed by atoms with Gasteiger partial charge in [0.1, 0.15) is 0 Å². The van der Waals surface area contributed by atoms with E-state index in [1.54, 1.807) is 0 Å². The van der Waals surface area contributed by atoms with Crippen molar-refractivity contribution in [2.24, 2.45) is 4.99 Å². The predicted octanol–water partition coefficient (Wildman–Crippen LogP) is 4.14. The first-order valence-corrected chi connectivity index (χ1v) is 12.7. The van der Waals surface area contributed by atoms with Gasteiger partial charge in [-0.2, -0.15) is 9.57 Å². The van der Waals surface area contributed by atoms with Gasteiger partial charge in [-0.25, -0.2) is 12.8 Å². The topological polar surface area (TPSA) is 98.0 Å². The minimum atomic E-state index is -4.05. The van der Waals surface area contributed by atoms with Gasteiger partial charge in [0.15, 0.2) is 11.6 Å². The summed E-state index contributed by atoms with van der Waals surface area (Å²) < 4.78 is 48.0. The van der Waals surface area contributed by atoms with E-state index in [2.05, 4.69) is 10.3 Å². The molecular formula is C26H26FN5O3S. The van der Waals surface area contributed by atoms with Gasteiger partial charge in [-0.05, 0) is 42.3 Å². The molecule has 1 aliphatic heterocycles. The molecule has 1 aliphatic rings. The van der Waals surface area contributed by atoms with Crippen molar-refractivity contribution in [3.05, 3.63) is 89.7 Å². The molecule has 0 spiro atoms. The van der Waals surface area contributed by atoms with Gasteiger partial charge in [0.2, 0.25) is 22.2 Å². The van der Waals surface area contributed by atoms with Crippen molar-refractivity contribution in [2.75, 3.05) is 32.1 Å². The van der Waals surface area contributed by atoms with Gasteiger partial charge in [0.25, 0.3) is 0 Å². The third-order valence-corrected chi connectivity index (χ3v) is 8.00. The molecule has 0 bridgehead atoms. The van der Waals surface area contributed by atoms with E-state index in [1.165, 1.54) is 23.5 Å². The number of halogens is 1. The molecule has 1 heterocycles.